The number of carbonyl (C=O) groups is 1. The zero-order chi connectivity index (χ0) is 21.1. The minimum Gasteiger partial charge on any atom is -0.497 e. The lowest BCUT2D eigenvalue weighted by Crippen LogP contribution is -2.34. The Kier molecular flexibility index (Phi) is 6.07. The number of hydrogen-bond acceptors (Lipinski definition) is 6. The van der Waals surface area contributed by atoms with Crippen LogP contribution in [0.5, 0.6) is 17.2 Å². The number of amides is 1. The average molecular weight is 392 g/mol. The molecule has 0 radical (unpaired) electrons. The van der Waals surface area contributed by atoms with Crippen molar-refractivity contribution in [3.05, 3.63) is 52.3 Å². The molecule has 0 atom stereocenters. The molecule has 0 fully saturated rings. The largest absolute Gasteiger partial charge is 0.497 e. The molecule has 0 aromatic heterocycles. The number of methoxy groups -OCH3 is 1. The van der Waals surface area contributed by atoms with Crippen molar-refractivity contribution in [2.75, 3.05) is 19.1 Å². The summed E-state index contributed by atoms with van der Waals surface area (Å²) in [5, 5.41) is 11.4. The van der Waals surface area contributed by atoms with Crippen LogP contribution in [0.3, 0.4) is 0 Å². The fourth-order valence-electron chi connectivity index (χ4n) is 2.23. The summed E-state index contributed by atoms with van der Waals surface area (Å²) in [4.78, 5) is 24.0. The molecule has 0 spiro atoms. The maximum absolute atomic E-state index is 14.0. The topological polar surface area (TPSA) is 91.1 Å². The van der Waals surface area contributed by atoms with Crippen LogP contribution in [0, 0.1) is 15.9 Å². The first-order valence-electron chi connectivity index (χ1n) is 8.28. The van der Waals surface area contributed by atoms with Gasteiger partial charge in [0.05, 0.1) is 12.0 Å². The second-order valence-electron chi connectivity index (χ2n) is 6.85. The third-order valence-electron chi connectivity index (χ3n) is 3.54. The van der Waals surface area contributed by atoms with Crippen LogP contribution in [0.4, 0.5) is 20.6 Å². The first-order chi connectivity index (χ1) is 13.0. The first kappa shape index (κ1) is 20.9. The standard InChI is InChI=1S/C19H21FN2O6/c1-19(2,3)28-18(23)21(4)16-10-13(7-9-15(16)22(24)25)27-17-11-12(26-5)6-8-14(17)20/h6-11H,1-5H3. The molecule has 0 aliphatic rings. The van der Waals surface area contributed by atoms with Crippen LogP contribution in [0.2, 0.25) is 0 Å². The van der Waals surface area contributed by atoms with E-state index in [1.165, 1.54) is 50.6 Å². The second-order valence-corrected chi connectivity index (χ2v) is 6.85. The monoisotopic (exact) mass is 392 g/mol. The van der Waals surface area contributed by atoms with E-state index in [2.05, 4.69) is 0 Å². The summed E-state index contributed by atoms with van der Waals surface area (Å²) in [6.45, 7) is 5.04. The Morgan fingerprint density at radius 1 is 1.14 bits per heavy atom. The SMILES string of the molecule is COc1ccc(F)c(Oc2ccc([N+](=O)[O-])c(N(C)C(=O)OC(C)(C)C)c2)c1. The summed E-state index contributed by atoms with van der Waals surface area (Å²) in [5.74, 6) is -0.284. The summed E-state index contributed by atoms with van der Waals surface area (Å²) in [5.41, 5.74) is -1.16. The number of nitro benzene ring substituents is 1. The van der Waals surface area contributed by atoms with Crippen molar-refractivity contribution in [3.63, 3.8) is 0 Å². The Hall–Kier alpha value is -3.36. The number of halogens is 1. The summed E-state index contributed by atoms with van der Waals surface area (Å²) in [7, 11) is 2.77. The zero-order valence-corrected chi connectivity index (χ0v) is 16.2. The van der Waals surface area contributed by atoms with Crippen LogP contribution in [0.1, 0.15) is 20.8 Å². The lowest BCUT2D eigenvalue weighted by Gasteiger charge is -2.24. The van der Waals surface area contributed by atoms with Crippen molar-refractivity contribution in [1.82, 2.24) is 0 Å². The van der Waals surface area contributed by atoms with Gasteiger partial charge in [0.15, 0.2) is 11.6 Å². The molecule has 8 nitrogen and oxygen atoms in total. The smallest absolute Gasteiger partial charge is 0.414 e. The van der Waals surface area contributed by atoms with Gasteiger partial charge in [-0.05, 0) is 39.0 Å². The minimum absolute atomic E-state index is 0.0555. The van der Waals surface area contributed by atoms with Gasteiger partial charge in [-0.3, -0.25) is 15.0 Å². The van der Waals surface area contributed by atoms with Gasteiger partial charge in [-0.1, -0.05) is 0 Å². The Morgan fingerprint density at radius 2 is 1.79 bits per heavy atom. The number of nitrogens with zero attached hydrogens (tertiary/aromatic N) is 2. The maximum Gasteiger partial charge on any atom is 0.414 e. The molecule has 0 unspecified atom stereocenters. The lowest BCUT2D eigenvalue weighted by molar-refractivity contribution is -0.384. The highest BCUT2D eigenvalue weighted by atomic mass is 19.1. The van der Waals surface area contributed by atoms with Crippen LogP contribution >= 0.6 is 0 Å². The van der Waals surface area contributed by atoms with Crippen LogP contribution in [0.25, 0.3) is 0 Å². The molecule has 0 aliphatic carbocycles. The molecule has 1 amide bonds. The van der Waals surface area contributed by atoms with Gasteiger partial charge in [0.25, 0.3) is 5.69 Å². The van der Waals surface area contributed by atoms with E-state index in [9.17, 15) is 19.3 Å². The van der Waals surface area contributed by atoms with Crippen molar-refractivity contribution in [1.29, 1.82) is 0 Å². The summed E-state index contributed by atoms with van der Waals surface area (Å²) in [6, 6.07) is 7.69. The van der Waals surface area contributed by atoms with E-state index in [1.807, 2.05) is 0 Å². The molecule has 0 heterocycles. The van der Waals surface area contributed by atoms with Gasteiger partial charge < -0.3 is 14.2 Å². The van der Waals surface area contributed by atoms with Gasteiger partial charge in [-0.25, -0.2) is 9.18 Å². The third kappa shape index (κ3) is 5.09. The minimum atomic E-state index is -0.780. The van der Waals surface area contributed by atoms with E-state index in [1.54, 1.807) is 20.8 Å². The normalized spacial score (nSPS) is 10.9. The lowest BCUT2D eigenvalue weighted by atomic mass is 10.2. The maximum atomic E-state index is 14.0. The van der Waals surface area contributed by atoms with E-state index >= 15 is 0 Å². The summed E-state index contributed by atoms with van der Waals surface area (Å²) in [6.07, 6.45) is -0.777. The number of rotatable bonds is 5. The fourth-order valence-corrected chi connectivity index (χ4v) is 2.23. The number of ether oxygens (including phenoxy) is 3. The first-order valence-corrected chi connectivity index (χ1v) is 8.28. The van der Waals surface area contributed by atoms with Crippen LogP contribution in [-0.4, -0.2) is 30.8 Å². The highest BCUT2D eigenvalue weighted by Crippen LogP contribution is 2.35. The number of benzene rings is 2. The van der Waals surface area contributed by atoms with Crippen molar-refractivity contribution >= 4 is 17.5 Å². The molecule has 2 rings (SSSR count). The molecule has 2 aromatic rings. The van der Waals surface area contributed by atoms with Gasteiger partial charge >= 0.3 is 6.09 Å². The summed E-state index contributed by atoms with van der Waals surface area (Å²) < 4.78 is 29.8. The fraction of sp³-hybridized carbons (Fsp3) is 0.316. The van der Waals surface area contributed by atoms with Gasteiger partial charge in [-0.2, -0.15) is 0 Å². The van der Waals surface area contributed by atoms with Gasteiger partial charge in [0, 0.05) is 25.2 Å². The molecule has 0 saturated carbocycles. The molecule has 150 valence electrons. The van der Waals surface area contributed by atoms with Gasteiger partial charge in [-0.15, -0.1) is 0 Å². The Bertz CT molecular complexity index is 894. The second kappa shape index (κ2) is 8.12. The Labute approximate surface area is 161 Å². The van der Waals surface area contributed by atoms with E-state index in [0.717, 1.165) is 4.90 Å². The summed E-state index contributed by atoms with van der Waals surface area (Å²) >= 11 is 0. The van der Waals surface area contributed by atoms with Gasteiger partial charge in [0.1, 0.15) is 22.8 Å². The quantitative estimate of drug-likeness (QED) is 0.531. The Morgan fingerprint density at radius 3 is 2.36 bits per heavy atom. The molecule has 28 heavy (non-hydrogen) atoms. The third-order valence-corrected chi connectivity index (χ3v) is 3.54. The molecular formula is C19H21FN2O6. The van der Waals surface area contributed by atoms with E-state index in [-0.39, 0.29) is 22.9 Å². The number of hydrogen-bond donors (Lipinski definition) is 0. The molecule has 2 aromatic carbocycles. The van der Waals surface area contributed by atoms with E-state index in [4.69, 9.17) is 14.2 Å². The number of nitro groups is 1. The molecule has 0 saturated heterocycles. The van der Waals surface area contributed by atoms with Crippen molar-refractivity contribution < 1.29 is 28.3 Å². The van der Waals surface area contributed by atoms with Crippen molar-refractivity contribution in [2.24, 2.45) is 0 Å². The van der Waals surface area contributed by atoms with Crippen molar-refractivity contribution in [3.8, 4) is 17.2 Å². The van der Waals surface area contributed by atoms with E-state index < -0.39 is 22.4 Å². The van der Waals surface area contributed by atoms with Crippen LogP contribution in [0.15, 0.2) is 36.4 Å². The molecule has 0 bridgehead atoms. The molecule has 0 N–H and O–H groups in total. The predicted octanol–water partition coefficient (Wildman–Crippen LogP) is 4.91. The highest BCUT2D eigenvalue weighted by molar-refractivity contribution is 5.90. The number of anilines is 1. The highest BCUT2D eigenvalue weighted by Gasteiger charge is 2.26. The average Bonchev–Trinajstić information content (AvgIpc) is 2.61. The van der Waals surface area contributed by atoms with Gasteiger partial charge in [0.2, 0.25) is 0 Å². The zero-order valence-electron chi connectivity index (χ0n) is 16.2. The van der Waals surface area contributed by atoms with E-state index in [0.29, 0.717) is 5.75 Å². The predicted molar refractivity (Wildman–Crippen MR) is 101 cm³/mol. The molecule has 9 heteroatoms. The van der Waals surface area contributed by atoms with Crippen LogP contribution in [-0.2, 0) is 4.74 Å². The Balaban J connectivity index is 2.40. The van der Waals surface area contributed by atoms with Crippen LogP contribution < -0.4 is 14.4 Å². The number of carbonyl (C=O) groups excluding carboxylic acids is 1. The van der Waals surface area contributed by atoms with Crippen molar-refractivity contribution in [2.45, 2.75) is 26.4 Å². The molecular weight excluding hydrogens is 371 g/mol. The molecule has 0 aliphatic heterocycles.